The van der Waals surface area contributed by atoms with Crippen LogP contribution in [0.3, 0.4) is 0 Å². The van der Waals surface area contributed by atoms with Crippen molar-refractivity contribution in [3.8, 4) is 0 Å². The van der Waals surface area contributed by atoms with Gasteiger partial charge in [-0.15, -0.1) is 0 Å². The Labute approximate surface area is 160 Å². The molecule has 0 fully saturated rings. The van der Waals surface area contributed by atoms with Crippen LogP contribution in [-0.4, -0.2) is 42.3 Å². The predicted octanol–water partition coefficient (Wildman–Crippen LogP) is 4.55. The van der Waals surface area contributed by atoms with Gasteiger partial charge in [0.2, 0.25) is 0 Å². The summed E-state index contributed by atoms with van der Waals surface area (Å²) in [6, 6.07) is 6.66. The molecular weight excluding hydrogens is 344 g/mol. The van der Waals surface area contributed by atoms with E-state index in [1.54, 1.807) is 31.3 Å². The second kappa shape index (κ2) is 7.94. The lowest BCUT2D eigenvalue weighted by atomic mass is 9.92. The number of ether oxygens (including phenoxy) is 1. The number of rotatable bonds is 6. The van der Waals surface area contributed by atoms with Crippen LogP contribution >= 0.6 is 11.8 Å². The normalized spacial score (nSPS) is 13.7. The maximum absolute atomic E-state index is 5.43. The van der Waals surface area contributed by atoms with Crippen LogP contribution in [0.2, 0.25) is 0 Å². The van der Waals surface area contributed by atoms with Gasteiger partial charge in [0, 0.05) is 30.9 Å². The quantitative estimate of drug-likeness (QED) is 0.741. The first-order valence-electron chi connectivity index (χ1n) is 8.94. The first kappa shape index (κ1) is 19.1. The van der Waals surface area contributed by atoms with Crippen LogP contribution in [0.5, 0.6) is 0 Å². The second-order valence-electron chi connectivity index (χ2n) is 7.98. The van der Waals surface area contributed by atoms with Gasteiger partial charge in [0.15, 0.2) is 5.82 Å². The van der Waals surface area contributed by atoms with Crippen molar-refractivity contribution < 1.29 is 4.74 Å². The van der Waals surface area contributed by atoms with E-state index in [4.69, 9.17) is 4.74 Å². The predicted molar refractivity (Wildman–Crippen MR) is 107 cm³/mol. The topological polar surface area (TPSA) is 41.5 Å². The summed E-state index contributed by atoms with van der Waals surface area (Å²) in [5.74, 6) is 0.866. The van der Waals surface area contributed by atoms with Gasteiger partial charge in [-0.1, -0.05) is 38.6 Å². The number of aromatic nitrogens is 2. The molecule has 1 aromatic carbocycles. The lowest BCUT2D eigenvalue weighted by molar-refractivity contribution is 0.204. The molecule has 2 aromatic rings. The highest BCUT2D eigenvalue weighted by Gasteiger charge is 2.25. The molecule has 0 spiro atoms. The molecule has 1 aliphatic heterocycles. The minimum Gasteiger partial charge on any atom is -0.364 e. The Morgan fingerprint density at radius 1 is 1.19 bits per heavy atom. The standard InChI is InChI=1S/C20H28N4OS/c1-20(2,3)8-11-23(4)13-15-6-7-17-16(12-15)24(14-25-5)18-19(26-17)22-10-9-21-18/h6-7,9-10,12H,8,11,13-14H2,1-5H3. The molecule has 5 nitrogen and oxygen atoms in total. The van der Waals surface area contributed by atoms with Crippen molar-refractivity contribution in [1.29, 1.82) is 0 Å². The van der Waals surface area contributed by atoms with E-state index in [0.29, 0.717) is 12.1 Å². The molecule has 3 rings (SSSR count). The summed E-state index contributed by atoms with van der Waals surface area (Å²) in [7, 11) is 3.90. The van der Waals surface area contributed by atoms with Crippen LogP contribution < -0.4 is 4.90 Å². The van der Waals surface area contributed by atoms with E-state index in [0.717, 1.165) is 29.6 Å². The van der Waals surface area contributed by atoms with Crippen LogP contribution in [0.1, 0.15) is 32.8 Å². The zero-order valence-electron chi connectivity index (χ0n) is 16.3. The molecule has 1 aliphatic rings. The summed E-state index contributed by atoms with van der Waals surface area (Å²) < 4.78 is 5.43. The first-order chi connectivity index (χ1) is 12.4. The molecule has 0 atom stereocenters. The van der Waals surface area contributed by atoms with Crippen LogP contribution in [-0.2, 0) is 11.3 Å². The molecule has 0 unspecified atom stereocenters. The van der Waals surface area contributed by atoms with Crippen molar-refractivity contribution >= 4 is 23.3 Å². The van der Waals surface area contributed by atoms with Crippen molar-refractivity contribution in [3.05, 3.63) is 36.2 Å². The highest BCUT2D eigenvalue weighted by atomic mass is 32.2. The monoisotopic (exact) mass is 372 g/mol. The molecule has 0 saturated carbocycles. The highest BCUT2D eigenvalue weighted by Crippen LogP contribution is 2.46. The van der Waals surface area contributed by atoms with Gasteiger partial charge in [-0.25, -0.2) is 9.97 Å². The molecule has 0 aliphatic carbocycles. The maximum atomic E-state index is 5.43. The Hall–Kier alpha value is -1.63. The third-order valence-corrected chi connectivity index (χ3v) is 5.42. The fraction of sp³-hybridized carbons (Fsp3) is 0.500. The van der Waals surface area contributed by atoms with Gasteiger partial charge < -0.3 is 9.64 Å². The smallest absolute Gasteiger partial charge is 0.168 e. The summed E-state index contributed by atoms with van der Waals surface area (Å²) in [4.78, 5) is 14.7. The molecule has 0 radical (unpaired) electrons. The number of nitrogens with zero attached hydrogens (tertiary/aromatic N) is 4. The van der Waals surface area contributed by atoms with E-state index in [2.05, 4.69) is 65.8 Å². The third-order valence-electron chi connectivity index (χ3n) is 4.38. The zero-order chi connectivity index (χ0) is 18.7. The van der Waals surface area contributed by atoms with E-state index in [9.17, 15) is 0 Å². The Morgan fingerprint density at radius 2 is 1.96 bits per heavy atom. The van der Waals surface area contributed by atoms with Crippen LogP contribution in [0.4, 0.5) is 11.5 Å². The van der Waals surface area contributed by atoms with E-state index in [-0.39, 0.29) is 0 Å². The summed E-state index contributed by atoms with van der Waals surface area (Å²) in [6.07, 6.45) is 4.65. The van der Waals surface area contributed by atoms with Crippen molar-refractivity contribution in [2.45, 2.75) is 43.7 Å². The van der Waals surface area contributed by atoms with Gasteiger partial charge in [-0.05, 0) is 43.1 Å². The van der Waals surface area contributed by atoms with E-state index in [1.807, 2.05) is 0 Å². The fourth-order valence-electron chi connectivity index (χ4n) is 2.93. The minimum absolute atomic E-state index is 0.360. The van der Waals surface area contributed by atoms with E-state index < -0.39 is 0 Å². The van der Waals surface area contributed by atoms with Crippen LogP contribution in [0.25, 0.3) is 0 Å². The molecular formula is C20H28N4OS. The SMILES string of the molecule is COCN1c2cc(CN(C)CCC(C)(C)C)ccc2Sc2nccnc21. The van der Waals surface area contributed by atoms with E-state index in [1.165, 1.54) is 16.9 Å². The fourth-order valence-corrected chi connectivity index (χ4v) is 3.91. The largest absolute Gasteiger partial charge is 0.364 e. The number of hydrogen-bond donors (Lipinski definition) is 0. The number of anilines is 2. The summed E-state index contributed by atoms with van der Waals surface area (Å²) >= 11 is 1.67. The van der Waals surface area contributed by atoms with Crippen molar-refractivity contribution in [3.63, 3.8) is 0 Å². The van der Waals surface area contributed by atoms with Crippen LogP contribution in [0, 0.1) is 5.41 Å². The molecule has 140 valence electrons. The number of methoxy groups -OCH3 is 1. The number of hydrogen-bond acceptors (Lipinski definition) is 6. The Kier molecular flexibility index (Phi) is 5.85. The Balaban J connectivity index is 1.80. The minimum atomic E-state index is 0.360. The molecule has 0 amide bonds. The molecule has 26 heavy (non-hydrogen) atoms. The zero-order valence-corrected chi connectivity index (χ0v) is 17.1. The third kappa shape index (κ3) is 4.55. The molecule has 0 bridgehead atoms. The molecule has 1 aromatic heterocycles. The summed E-state index contributed by atoms with van der Waals surface area (Å²) in [5, 5.41) is 0.923. The highest BCUT2D eigenvalue weighted by molar-refractivity contribution is 7.99. The lowest BCUT2D eigenvalue weighted by Gasteiger charge is -2.31. The Morgan fingerprint density at radius 3 is 2.69 bits per heavy atom. The van der Waals surface area contributed by atoms with Crippen molar-refractivity contribution in [1.82, 2.24) is 14.9 Å². The maximum Gasteiger partial charge on any atom is 0.168 e. The van der Waals surface area contributed by atoms with Gasteiger partial charge in [0.05, 0.1) is 5.69 Å². The van der Waals surface area contributed by atoms with Gasteiger partial charge >= 0.3 is 0 Å². The first-order valence-corrected chi connectivity index (χ1v) is 9.76. The van der Waals surface area contributed by atoms with E-state index >= 15 is 0 Å². The van der Waals surface area contributed by atoms with Crippen molar-refractivity contribution in [2.24, 2.45) is 5.41 Å². The lowest BCUT2D eigenvalue weighted by Crippen LogP contribution is -2.26. The molecule has 0 N–H and O–H groups in total. The van der Waals surface area contributed by atoms with Crippen LogP contribution in [0.15, 0.2) is 40.5 Å². The van der Waals surface area contributed by atoms with Gasteiger partial charge in [-0.3, -0.25) is 4.90 Å². The second-order valence-corrected chi connectivity index (χ2v) is 9.01. The Bertz CT molecular complexity index is 760. The summed E-state index contributed by atoms with van der Waals surface area (Å²) in [5.41, 5.74) is 2.80. The van der Waals surface area contributed by atoms with Gasteiger partial charge in [-0.2, -0.15) is 0 Å². The molecule has 0 saturated heterocycles. The average molecular weight is 373 g/mol. The van der Waals surface area contributed by atoms with Crippen molar-refractivity contribution in [2.75, 3.05) is 32.3 Å². The summed E-state index contributed by atoms with van der Waals surface area (Å²) in [6.45, 7) is 9.35. The number of fused-ring (bicyclic) bond motifs is 2. The average Bonchev–Trinajstić information content (AvgIpc) is 2.60. The van der Waals surface area contributed by atoms with Gasteiger partial charge in [0.1, 0.15) is 11.8 Å². The number of benzene rings is 1. The molecule has 2 heterocycles. The van der Waals surface area contributed by atoms with Gasteiger partial charge in [0.25, 0.3) is 0 Å². The molecule has 6 heteroatoms.